The Bertz CT molecular complexity index is 693. The molecule has 2 aromatic rings. The SMILES string of the molecule is CC(=O)n1[nH]c(=O)c(Cc2ccc(C)c(C)c2)c1C. The van der Waals surface area contributed by atoms with Crippen LogP contribution in [0.1, 0.15) is 39.7 Å². The van der Waals surface area contributed by atoms with Crippen LogP contribution in [0.25, 0.3) is 0 Å². The fourth-order valence-electron chi connectivity index (χ4n) is 2.19. The van der Waals surface area contributed by atoms with Gasteiger partial charge >= 0.3 is 0 Å². The van der Waals surface area contributed by atoms with E-state index >= 15 is 0 Å². The first-order valence-electron chi connectivity index (χ1n) is 6.27. The number of aromatic nitrogens is 2. The molecule has 0 saturated carbocycles. The number of aromatic amines is 1. The van der Waals surface area contributed by atoms with Gasteiger partial charge in [-0.3, -0.25) is 14.7 Å². The summed E-state index contributed by atoms with van der Waals surface area (Å²) in [5.74, 6) is -0.180. The zero-order valence-corrected chi connectivity index (χ0v) is 11.7. The van der Waals surface area contributed by atoms with Gasteiger partial charge in [0, 0.05) is 24.6 Å². The number of H-pyrrole nitrogens is 1. The van der Waals surface area contributed by atoms with E-state index in [0.717, 1.165) is 5.56 Å². The minimum absolute atomic E-state index is 0.180. The molecular weight excluding hydrogens is 240 g/mol. The Morgan fingerprint density at radius 3 is 2.42 bits per heavy atom. The van der Waals surface area contributed by atoms with E-state index in [1.165, 1.54) is 22.7 Å². The summed E-state index contributed by atoms with van der Waals surface area (Å²) in [6, 6.07) is 6.15. The molecule has 0 bridgehead atoms. The number of benzene rings is 1. The number of nitrogens with zero attached hydrogens (tertiary/aromatic N) is 1. The van der Waals surface area contributed by atoms with Crippen LogP contribution in [0.5, 0.6) is 0 Å². The molecule has 0 spiro atoms. The maximum atomic E-state index is 11.9. The Morgan fingerprint density at radius 1 is 1.21 bits per heavy atom. The van der Waals surface area contributed by atoms with Crippen LogP contribution in [0, 0.1) is 20.8 Å². The van der Waals surface area contributed by atoms with Gasteiger partial charge in [-0.2, -0.15) is 0 Å². The van der Waals surface area contributed by atoms with E-state index in [2.05, 4.69) is 31.1 Å². The van der Waals surface area contributed by atoms with Crippen LogP contribution in [0.4, 0.5) is 0 Å². The molecule has 1 aromatic carbocycles. The minimum Gasteiger partial charge on any atom is -0.273 e. The maximum absolute atomic E-state index is 11.9. The van der Waals surface area contributed by atoms with Crippen molar-refractivity contribution in [3.8, 4) is 0 Å². The molecule has 100 valence electrons. The molecule has 2 rings (SSSR count). The van der Waals surface area contributed by atoms with E-state index in [9.17, 15) is 9.59 Å². The number of nitrogens with one attached hydrogen (secondary N) is 1. The molecule has 0 fully saturated rings. The van der Waals surface area contributed by atoms with E-state index in [-0.39, 0.29) is 11.5 Å². The zero-order valence-electron chi connectivity index (χ0n) is 11.7. The van der Waals surface area contributed by atoms with Crippen LogP contribution in [0.15, 0.2) is 23.0 Å². The highest BCUT2D eigenvalue weighted by Crippen LogP contribution is 2.14. The van der Waals surface area contributed by atoms with Gasteiger partial charge in [-0.25, -0.2) is 4.68 Å². The third-order valence-corrected chi connectivity index (χ3v) is 3.53. The molecule has 0 aliphatic heterocycles. The Balaban J connectivity index is 2.41. The van der Waals surface area contributed by atoms with Crippen molar-refractivity contribution in [2.24, 2.45) is 0 Å². The lowest BCUT2D eigenvalue weighted by atomic mass is 10.0. The van der Waals surface area contributed by atoms with E-state index in [1.807, 2.05) is 6.07 Å². The molecule has 0 unspecified atom stereocenters. The number of carbonyl (C=O) groups is 1. The Hall–Kier alpha value is -2.10. The Labute approximate surface area is 112 Å². The second-order valence-corrected chi connectivity index (χ2v) is 4.95. The van der Waals surface area contributed by atoms with Crippen LogP contribution in [0.2, 0.25) is 0 Å². The van der Waals surface area contributed by atoms with Crippen LogP contribution in [-0.2, 0) is 6.42 Å². The van der Waals surface area contributed by atoms with Gasteiger partial charge in [-0.15, -0.1) is 0 Å². The van der Waals surface area contributed by atoms with E-state index < -0.39 is 0 Å². The molecule has 0 aliphatic carbocycles. The molecule has 19 heavy (non-hydrogen) atoms. The van der Waals surface area contributed by atoms with Crippen molar-refractivity contribution in [2.45, 2.75) is 34.1 Å². The summed E-state index contributed by atoms with van der Waals surface area (Å²) in [5.41, 5.74) is 4.67. The monoisotopic (exact) mass is 258 g/mol. The van der Waals surface area contributed by atoms with E-state index in [4.69, 9.17) is 0 Å². The second-order valence-electron chi connectivity index (χ2n) is 4.95. The zero-order chi connectivity index (χ0) is 14.2. The number of rotatable bonds is 2. The average Bonchev–Trinajstić information content (AvgIpc) is 2.62. The Kier molecular flexibility index (Phi) is 3.42. The van der Waals surface area contributed by atoms with Gasteiger partial charge in [0.2, 0.25) is 5.91 Å². The topological polar surface area (TPSA) is 54.9 Å². The molecule has 4 nitrogen and oxygen atoms in total. The predicted molar refractivity (Wildman–Crippen MR) is 74.8 cm³/mol. The van der Waals surface area contributed by atoms with Gasteiger partial charge in [0.15, 0.2) is 0 Å². The van der Waals surface area contributed by atoms with E-state index in [0.29, 0.717) is 17.7 Å². The highest BCUT2D eigenvalue weighted by molar-refractivity contribution is 5.76. The molecule has 0 amide bonds. The van der Waals surface area contributed by atoms with Gasteiger partial charge in [0.25, 0.3) is 5.56 Å². The van der Waals surface area contributed by atoms with Crippen molar-refractivity contribution < 1.29 is 4.79 Å². The lowest BCUT2D eigenvalue weighted by Crippen LogP contribution is -2.12. The number of hydrogen-bond donors (Lipinski definition) is 1. The second kappa shape index (κ2) is 4.88. The van der Waals surface area contributed by atoms with Gasteiger partial charge < -0.3 is 0 Å². The Morgan fingerprint density at radius 2 is 1.89 bits per heavy atom. The summed E-state index contributed by atoms with van der Waals surface area (Å²) >= 11 is 0. The first-order valence-corrected chi connectivity index (χ1v) is 6.27. The highest BCUT2D eigenvalue weighted by atomic mass is 16.2. The standard InChI is InChI=1S/C15H18N2O2/c1-9-5-6-13(7-10(9)2)8-14-11(3)17(12(4)18)16-15(14)19/h5-7H,8H2,1-4H3,(H,16,19). The lowest BCUT2D eigenvalue weighted by Gasteiger charge is -2.05. The van der Waals surface area contributed by atoms with Gasteiger partial charge in [-0.1, -0.05) is 18.2 Å². The third kappa shape index (κ3) is 2.52. The van der Waals surface area contributed by atoms with Crippen LogP contribution in [-0.4, -0.2) is 15.7 Å². The summed E-state index contributed by atoms with van der Waals surface area (Å²) < 4.78 is 1.30. The summed E-state index contributed by atoms with van der Waals surface area (Å²) in [6.07, 6.45) is 0.544. The van der Waals surface area contributed by atoms with Crippen molar-refractivity contribution in [1.82, 2.24) is 9.78 Å². The molecule has 1 N–H and O–H groups in total. The minimum atomic E-state index is -0.189. The summed E-state index contributed by atoms with van der Waals surface area (Å²) in [6.45, 7) is 7.33. The van der Waals surface area contributed by atoms with Crippen LogP contribution in [0.3, 0.4) is 0 Å². The van der Waals surface area contributed by atoms with E-state index in [1.54, 1.807) is 6.92 Å². The first-order chi connectivity index (χ1) is 8.90. The molecule has 0 radical (unpaired) electrons. The van der Waals surface area contributed by atoms with Crippen molar-refractivity contribution in [3.05, 3.63) is 56.5 Å². The number of aryl methyl sites for hydroxylation is 2. The largest absolute Gasteiger partial charge is 0.273 e. The van der Waals surface area contributed by atoms with Crippen LogP contribution >= 0.6 is 0 Å². The number of carbonyl (C=O) groups excluding carboxylic acids is 1. The third-order valence-electron chi connectivity index (χ3n) is 3.53. The van der Waals surface area contributed by atoms with Gasteiger partial charge in [0.05, 0.1) is 0 Å². The van der Waals surface area contributed by atoms with Crippen molar-refractivity contribution in [2.75, 3.05) is 0 Å². The normalized spacial score (nSPS) is 10.7. The van der Waals surface area contributed by atoms with Crippen molar-refractivity contribution >= 4 is 5.91 Å². The molecule has 4 heteroatoms. The van der Waals surface area contributed by atoms with Crippen molar-refractivity contribution in [1.29, 1.82) is 0 Å². The summed E-state index contributed by atoms with van der Waals surface area (Å²) in [5, 5.41) is 2.57. The predicted octanol–water partition coefficient (Wildman–Crippen LogP) is 2.35. The molecule has 1 heterocycles. The molecule has 0 aliphatic rings. The molecule has 1 aromatic heterocycles. The fourth-order valence-corrected chi connectivity index (χ4v) is 2.19. The van der Waals surface area contributed by atoms with Crippen LogP contribution < -0.4 is 5.56 Å². The lowest BCUT2D eigenvalue weighted by molar-refractivity contribution is 0.0918. The summed E-state index contributed by atoms with van der Waals surface area (Å²) in [4.78, 5) is 23.3. The smallest absolute Gasteiger partial charge is 0.268 e. The number of hydrogen-bond acceptors (Lipinski definition) is 2. The highest BCUT2D eigenvalue weighted by Gasteiger charge is 2.13. The molecular formula is C15H18N2O2. The molecule has 0 atom stereocenters. The average molecular weight is 258 g/mol. The van der Waals surface area contributed by atoms with Crippen molar-refractivity contribution in [3.63, 3.8) is 0 Å². The first kappa shape index (κ1) is 13.3. The summed E-state index contributed by atoms with van der Waals surface area (Å²) in [7, 11) is 0. The maximum Gasteiger partial charge on any atom is 0.268 e. The molecule has 0 saturated heterocycles. The van der Waals surface area contributed by atoms with Gasteiger partial charge in [0.1, 0.15) is 0 Å². The van der Waals surface area contributed by atoms with Gasteiger partial charge in [-0.05, 0) is 37.5 Å². The quantitative estimate of drug-likeness (QED) is 0.899. The fraction of sp³-hybridized carbons (Fsp3) is 0.333.